The third kappa shape index (κ3) is 4.02. The van der Waals surface area contributed by atoms with Gasteiger partial charge in [-0.05, 0) is 35.4 Å². The first-order valence-electron chi connectivity index (χ1n) is 6.44. The molecule has 2 aromatic rings. The smallest absolute Gasteiger partial charge is 0.119 e. The molecule has 0 amide bonds. The maximum Gasteiger partial charge on any atom is 0.119 e. The molecule has 20 heavy (non-hydrogen) atoms. The molecule has 2 rings (SSSR count). The first-order valence-corrected chi connectivity index (χ1v) is 6.44. The van der Waals surface area contributed by atoms with E-state index in [4.69, 9.17) is 9.47 Å². The van der Waals surface area contributed by atoms with Gasteiger partial charge in [-0.2, -0.15) is 0 Å². The summed E-state index contributed by atoms with van der Waals surface area (Å²) >= 11 is 0. The maximum absolute atomic E-state index is 5.38. The Bertz CT molecular complexity index is 581. The van der Waals surface area contributed by atoms with Crippen molar-refractivity contribution in [1.82, 2.24) is 0 Å². The molecule has 0 saturated carbocycles. The molecule has 0 radical (unpaired) electrons. The van der Waals surface area contributed by atoms with Crippen LogP contribution < -0.4 is 4.74 Å². The second-order valence-electron chi connectivity index (χ2n) is 4.27. The summed E-state index contributed by atoms with van der Waals surface area (Å²) in [6.07, 6.45) is 5.97. The second-order valence-corrected chi connectivity index (χ2v) is 4.27. The van der Waals surface area contributed by atoms with Gasteiger partial charge in [-0.25, -0.2) is 0 Å². The van der Waals surface area contributed by atoms with E-state index in [1.165, 1.54) is 0 Å². The minimum Gasteiger partial charge on any atom is -0.497 e. The van der Waals surface area contributed by atoms with Crippen LogP contribution in [0.3, 0.4) is 0 Å². The van der Waals surface area contributed by atoms with Crippen molar-refractivity contribution < 1.29 is 9.47 Å². The number of allylic oxidation sites excluding steroid dienone is 1. The van der Waals surface area contributed by atoms with Crippen LogP contribution in [0.2, 0.25) is 0 Å². The lowest BCUT2D eigenvalue weighted by Crippen LogP contribution is -1.84. The molecule has 2 heteroatoms. The second kappa shape index (κ2) is 7.19. The Balaban J connectivity index is 2.14. The molecule has 0 atom stereocenters. The van der Waals surface area contributed by atoms with Gasteiger partial charge >= 0.3 is 0 Å². The lowest BCUT2D eigenvalue weighted by atomic mass is 10.1. The number of methoxy groups -OCH3 is 2. The molecule has 0 aliphatic heterocycles. The zero-order chi connectivity index (χ0) is 14.2. The van der Waals surface area contributed by atoms with E-state index < -0.39 is 0 Å². The standard InChI is InChI=1S/C18H18O2/c1-19-17-11-9-16(10-12-17)14-18(20-2)13-8-15-6-4-3-5-7-15/h3-14H,1-2H3/b13-8+,18-14+. The molecular formula is C18H18O2. The molecule has 0 aliphatic rings. The Kier molecular flexibility index (Phi) is 5.01. The van der Waals surface area contributed by atoms with E-state index in [1.54, 1.807) is 14.2 Å². The molecule has 0 saturated heterocycles. The Morgan fingerprint density at radius 2 is 1.55 bits per heavy atom. The molecule has 0 fully saturated rings. The van der Waals surface area contributed by atoms with Gasteiger partial charge in [0.25, 0.3) is 0 Å². The molecular weight excluding hydrogens is 248 g/mol. The Hall–Kier alpha value is -2.48. The fourth-order valence-corrected chi connectivity index (χ4v) is 1.78. The third-order valence-electron chi connectivity index (χ3n) is 2.90. The molecule has 2 aromatic carbocycles. The molecule has 102 valence electrons. The number of rotatable bonds is 5. The van der Waals surface area contributed by atoms with Crippen molar-refractivity contribution in [3.63, 3.8) is 0 Å². The Morgan fingerprint density at radius 1 is 0.850 bits per heavy atom. The molecule has 0 aliphatic carbocycles. The van der Waals surface area contributed by atoms with Gasteiger partial charge in [-0.3, -0.25) is 0 Å². The summed E-state index contributed by atoms with van der Waals surface area (Å²) in [5.74, 6) is 1.65. The summed E-state index contributed by atoms with van der Waals surface area (Å²) in [5.41, 5.74) is 2.21. The minimum atomic E-state index is 0.805. The van der Waals surface area contributed by atoms with E-state index in [9.17, 15) is 0 Å². The normalized spacial score (nSPS) is 11.6. The van der Waals surface area contributed by atoms with Crippen LogP contribution in [0, 0.1) is 0 Å². The SMILES string of the molecule is COC(/C=C/c1ccccc1)=C/c1ccc(OC)cc1. The van der Waals surface area contributed by atoms with Crippen LogP contribution in [0.25, 0.3) is 12.2 Å². The first kappa shape index (κ1) is 13.9. The average molecular weight is 266 g/mol. The highest BCUT2D eigenvalue weighted by Crippen LogP contribution is 2.15. The highest BCUT2D eigenvalue weighted by Gasteiger charge is 1.95. The van der Waals surface area contributed by atoms with E-state index in [2.05, 4.69) is 12.1 Å². The van der Waals surface area contributed by atoms with Crippen molar-refractivity contribution in [3.05, 3.63) is 77.6 Å². The summed E-state index contributed by atoms with van der Waals surface area (Å²) in [5, 5.41) is 0. The summed E-state index contributed by atoms with van der Waals surface area (Å²) in [4.78, 5) is 0. The van der Waals surface area contributed by atoms with Crippen LogP contribution in [-0.4, -0.2) is 14.2 Å². The van der Waals surface area contributed by atoms with Gasteiger partial charge in [0.2, 0.25) is 0 Å². The highest BCUT2D eigenvalue weighted by atomic mass is 16.5. The lowest BCUT2D eigenvalue weighted by molar-refractivity contribution is 0.311. The van der Waals surface area contributed by atoms with Crippen LogP contribution in [0.4, 0.5) is 0 Å². The molecule has 0 spiro atoms. The highest BCUT2D eigenvalue weighted by molar-refractivity contribution is 5.60. The maximum atomic E-state index is 5.38. The minimum absolute atomic E-state index is 0.805. The molecule has 0 bridgehead atoms. The molecule has 0 unspecified atom stereocenters. The molecule has 2 nitrogen and oxygen atoms in total. The summed E-state index contributed by atoms with van der Waals surface area (Å²) in [6, 6.07) is 18.0. The van der Waals surface area contributed by atoms with Gasteiger partial charge in [0.15, 0.2) is 0 Å². The predicted molar refractivity (Wildman–Crippen MR) is 83.5 cm³/mol. The van der Waals surface area contributed by atoms with Gasteiger partial charge in [-0.1, -0.05) is 48.5 Å². The van der Waals surface area contributed by atoms with E-state index in [0.717, 1.165) is 22.6 Å². The van der Waals surface area contributed by atoms with Gasteiger partial charge in [-0.15, -0.1) is 0 Å². The van der Waals surface area contributed by atoms with Crippen molar-refractivity contribution >= 4 is 12.2 Å². The van der Waals surface area contributed by atoms with Gasteiger partial charge in [0.05, 0.1) is 14.2 Å². The Labute approximate surface area is 120 Å². The van der Waals surface area contributed by atoms with Crippen LogP contribution in [-0.2, 0) is 4.74 Å². The number of hydrogen-bond donors (Lipinski definition) is 0. The van der Waals surface area contributed by atoms with E-state index >= 15 is 0 Å². The predicted octanol–water partition coefficient (Wildman–Crippen LogP) is 4.40. The summed E-state index contributed by atoms with van der Waals surface area (Å²) < 4.78 is 10.5. The van der Waals surface area contributed by atoms with E-state index in [0.29, 0.717) is 0 Å². The summed E-state index contributed by atoms with van der Waals surface area (Å²) in [7, 11) is 3.33. The van der Waals surface area contributed by atoms with Crippen molar-refractivity contribution in [2.45, 2.75) is 0 Å². The third-order valence-corrected chi connectivity index (χ3v) is 2.90. The van der Waals surface area contributed by atoms with Crippen molar-refractivity contribution in [3.8, 4) is 5.75 Å². The zero-order valence-corrected chi connectivity index (χ0v) is 11.7. The van der Waals surface area contributed by atoms with Gasteiger partial charge in [0, 0.05) is 0 Å². The van der Waals surface area contributed by atoms with Crippen LogP contribution in [0.1, 0.15) is 11.1 Å². The summed E-state index contributed by atoms with van der Waals surface area (Å²) in [6.45, 7) is 0. The number of hydrogen-bond acceptors (Lipinski definition) is 2. The van der Waals surface area contributed by atoms with Crippen molar-refractivity contribution in [2.75, 3.05) is 14.2 Å². The monoisotopic (exact) mass is 266 g/mol. The number of benzene rings is 2. The topological polar surface area (TPSA) is 18.5 Å². The van der Waals surface area contributed by atoms with Crippen molar-refractivity contribution in [1.29, 1.82) is 0 Å². The molecule has 0 heterocycles. The average Bonchev–Trinajstić information content (AvgIpc) is 2.53. The largest absolute Gasteiger partial charge is 0.497 e. The van der Waals surface area contributed by atoms with Crippen molar-refractivity contribution in [2.24, 2.45) is 0 Å². The fourth-order valence-electron chi connectivity index (χ4n) is 1.78. The zero-order valence-electron chi connectivity index (χ0n) is 11.7. The fraction of sp³-hybridized carbons (Fsp3) is 0.111. The van der Waals surface area contributed by atoms with Gasteiger partial charge < -0.3 is 9.47 Å². The number of ether oxygens (including phenoxy) is 2. The molecule has 0 N–H and O–H groups in total. The van der Waals surface area contributed by atoms with Crippen LogP contribution in [0.5, 0.6) is 5.75 Å². The lowest BCUT2D eigenvalue weighted by Gasteiger charge is -2.02. The van der Waals surface area contributed by atoms with E-state index in [1.807, 2.05) is 60.7 Å². The van der Waals surface area contributed by atoms with Crippen LogP contribution in [0.15, 0.2) is 66.4 Å². The van der Waals surface area contributed by atoms with Gasteiger partial charge in [0.1, 0.15) is 11.5 Å². The first-order chi connectivity index (χ1) is 9.81. The van der Waals surface area contributed by atoms with Crippen LogP contribution >= 0.6 is 0 Å². The quantitative estimate of drug-likeness (QED) is 0.590. The molecule has 0 aromatic heterocycles. The Morgan fingerprint density at radius 3 is 2.15 bits per heavy atom. The van der Waals surface area contributed by atoms with E-state index in [-0.39, 0.29) is 0 Å².